The zero-order valence-corrected chi connectivity index (χ0v) is 17.9. The third kappa shape index (κ3) is 3.29. The summed E-state index contributed by atoms with van der Waals surface area (Å²) in [5.74, 6) is 0.934. The van der Waals surface area contributed by atoms with Crippen LogP contribution in [0.1, 0.15) is 24.1 Å². The van der Waals surface area contributed by atoms with Crippen LogP contribution in [-0.4, -0.2) is 32.9 Å². The molecule has 1 fully saturated rings. The van der Waals surface area contributed by atoms with Crippen molar-refractivity contribution >= 4 is 22.5 Å². The summed E-state index contributed by atoms with van der Waals surface area (Å²) in [6.45, 7) is 7.08. The van der Waals surface area contributed by atoms with Crippen LogP contribution in [0.5, 0.6) is 0 Å². The van der Waals surface area contributed by atoms with Crippen molar-refractivity contribution in [3.05, 3.63) is 64.0 Å². The second kappa shape index (κ2) is 7.02. The van der Waals surface area contributed by atoms with E-state index in [2.05, 4.69) is 20.4 Å². The molecular formula is C23H23N5O3. The summed E-state index contributed by atoms with van der Waals surface area (Å²) in [6, 6.07) is 9.66. The van der Waals surface area contributed by atoms with Crippen molar-refractivity contribution < 1.29 is 9.26 Å². The second-order valence-electron chi connectivity index (χ2n) is 8.44. The highest BCUT2D eigenvalue weighted by Gasteiger charge is 2.40. The fraction of sp³-hybridized carbons (Fsp3) is 0.304. The maximum Gasteiger partial charge on any atom is 0.267 e. The minimum atomic E-state index is -0.227. The molecule has 4 aromatic rings. The smallest absolute Gasteiger partial charge is 0.267 e. The topological polar surface area (TPSA) is 95.1 Å². The van der Waals surface area contributed by atoms with E-state index in [0.717, 1.165) is 33.4 Å². The first-order valence-corrected chi connectivity index (χ1v) is 10.1. The number of aryl methyl sites for hydroxylation is 3. The molecule has 0 atom stereocenters. The van der Waals surface area contributed by atoms with Gasteiger partial charge in [0.15, 0.2) is 0 Å². The van der Waals surface area contributed by atoms with Crippen LogP contribution in [0.4, 0.5) is 11.6 Å². The Bertz CT molecular complexity index is 1370. The number of benzene rings is 1. The van der Waals surface area contributed by atoms with E-state index in [9.17, 15) is 4.79 Å². The minimum Gasteiger partial charge on any atom is -0.379 e. The van der Waals surface area contributed by atoms with Gasteiger partial charge in [0.1, 0.15) is 0 Å². The first-order valence-electron chi connectivity index (χ1n) is 10.1. The van der Waals surface area contributed by atoms with Gasteiger partial charge >= 0.3 is 0 Å². The number of nitrogens with zero attached hydrogens (tertiary/aromatic N) is 4. The lowest BCUT2D eigenvalue weighted by atomic mass is 9.89. The Kier molecular flexibility index (Phi) is 4.40. The summed E-state index contributed by atoms with van der Waals surface area (Å²) < 4.78 is 12.4. The van der Waals surface area contributed by atoms with Crippen LogP contribution in [-0.2, 0) is 17.2 Å². The van der Waals surface area contributed by atoms with Crippen LogP contribution in [0.2, 0.25) is 0 Å². The van der Waals surface area contributed by atoms with E-state index < -0.39 is 0 Å². The summed E-state index contributed by atoms with van der Waals surface area (Å²) in [6.07, 6.45) is 1.80. The number of ether oxygens (including phenoxy) is 1. The molecule has 5 rings (SSSR count). The van der Waals surface area contributed by atoms with E-state index in [0.29, 0.717) is 30.6 Å². The molecule has 1 saturated heterocycles. The molecule has 0 unspecified atom stereocenters. The van der Waals surface area contributed by atoms with Crippen molar-refractivity contribution in [1.29, 1.82) is 0 Å². The lowest BCUT2D eigenvalue weighted by molar-refractivity contribution is -0.0644. The molecule has 0 amide bonds. The van der Waals surface area contributed by atoms with Crippen LogP contribution in [0, 0.1) is 13.8 Å². The molecule has 1 aliphatic heterocycles. The van der Waals surface area contributed by atoms with Crippen molar-refractivity contribution in [2.24, 2.45) is 7.05 Å². The van der Waals surface area contributed by atoms with E-state index in [-0.39, 0.29) is 11.0 Å². The summed E-state index contributed by atoms with van der Waals surface area (Å²) in [5.41, 5.74) is 4.68. The Morgan fingerprint density at radius 3 is 2.68 bits per heavy atom. The number of aromatic nitrogens is 4. The molecule has 8 nitrogen and oxygen atoms in total. The minimum absolute atomic E-state index is 0.0573. The van der Waals surface area contributed by atoms with Gasteiger partial charge in [-0.15, -0.1) is 0 Å². The Morgan fingerprint density at radius 2 is 1.94 bits per heavy atom. The molecule has 1 N–H and O–H groups in total. The standard InChI is InChI=1S/C23H23N5O3/c1-13-5-6-16(25-22-26-21(31-27-22)23(3)11-30-12-23)9-17(13)18-8-15-10-24-14(2)7-19(15)28(4)20(18)29/h5-10H,11-12H2,1-4H3,(H,25,27). The highest BCUT2D eigenvalue weighted by Crippen LogP contribution is 2.32. The summed E-state index contributed by atoms with van der Waals surface area (Å²) in [5, 5.41) is 8.14. The van der Waals surface area contributed by atoms with Crippen molar-refractivity contribution in [2.45, 2.75) is 26.2 Å². The number of anilines is 2. The summed E-state index contributed by atoms with van der Waals surface area (Å²) in [4.78, 5) is 22.0. The van der Waals surface area contributed by atoms with Gasteiger partial charge in [0.25, 0.3) is 11.5 Å². The third-order valence-corrected chi connectivity index (χ3v) is 5.81. The molecule has 158 valence electrons. The molecule has 4 heterocycles. The van der Waals surface area contributed by atoms with Gasteiger partial charge in [-0.1, -0.05) is 6.07 Å². The molecule has 0 saturated carbocycles. The Balaban J connectivity index is 1.53. The van der Waals surface area contributed by atoms with Crippen LogP contribution in [0.25, 0.3) is 22.0 Å². The van der Waals surface area contributed by atoms with Crippen LogP contribution < -0.4 is 10.9 Å². The van der Waals surface area contributed by atoms with Gasteiger partial charge in [0.05, 0.1) is 24.1 Å². The zero-order valence-electron chi connectivity index (χ0n) is 17.9. The number of hydrogen-bond donors (Lipinski definition) is 1. The average molecular weight is 417 g/mol. The Labute approximate surface area is 178 Å². The number of hydrogen-bond acceptors (Lipinski definition) is 7. The molecule has 0 aliphatic carbocycles. The Morgan fingerprint density at radius 1 is 1.13 bits per heavy atom. The number of fused-ring (bicyclic) bond motifs is 1. The third-order valence-electron chi connectivity index (χ3n) is 5.81. The number of nitrogens with one attached hydrogen (secondary N) is 1. The number of rotatable bonds is 4. The van der Waals surface area contributed by atoms with Gasteiger partial charge in [-0.2, -0.15) is 4.98 Å². The molecule has 0 radical (unpaired) electrons. The van der Waals surface area contributed by atoms with E-state index in [1.54, 1.807) is 17.8 Å². The SMILES string of the molecule is Cc1cc2c(cn1)cc(-c1cc(Nc3noc(C4(C)COC4)n3)ccc1C)c(=O)n2C. The fourth-order valence-corrected chi connectivity index (χ4v) is 3.83. The molecule has 0 bridgehead atoms. The molecule has 1 aromatic carbocycles. The van der Waals surface area contributed by atoms with Crippen LogP contribution in [0.15, 0.2) is 45.8 Å². The zero-order chi connectivity index (χ0) is 21.8. The van der Waals surface area contributed by atoms with E-state index in [4.69, 9.17) is 9.26 Å². The quantitative estimate of drug-likeness (QED) is 0.542. The van der Waals surface area contributed by atoms with Gasteiger partial charge in [-0.05, 0) is 61.3 Å². The molecule has 8 heteroatoms. The molecule has 31 heavy (non-hydrogen) atoms. The highest BCUT2D eigenvalue weighted by molar-refractivity contribution is 5.85. The summed E-state index contributed by atoms with van der Waals surface area (Å²) in [7, 11) is 1.79. The van der Waals surface area contributed by atoms with Crippen LogP contribution in [0.3, 0.4) is 0 Å². The predicted molar refractivity (Wildman–Crippen MR) is 118 cm³/mol. The molecule has 0 spiro atoms. The highest BCUT2D eigenvalue weighted by atomic mass is 16.5. The first kappa shape index (κ1) is 19.4. The van der Waals surface area contributed by atoms with E-state index in [1.165, 1.54) is 0 Å². The Hall–Kier alpha value is -3.52. The molecule has 3 aromatic heterocycles. The molecular weight excluding hydrogens is 394 g/mol. The monoisotopic (exact) mass is 417 g/mol. The van der Waals surface area contributed by atoms with Crippen molar-refractivity contribution in [3.8, 4) is 11.1 Å². The lowest BCUT2D eigenvalue weighted by Crippen LogP contribution is -2.44. The fourth-order valence-electron chi connectivity index (χ4n) is 3.83. The van der Waals surface area contributed by atoms with Gasteiger partial charge in [0.2, 0.25) is 5.89 Å². The molecule has 1 aliphatic rings. The average Bonchev–Trinajstić information content (AvgIpc) is 3.20. The summed E-state index contributed by atoms with van der Waals surface area (Å²) >= 11 is 0. The maximum absolute atomic E-state index is 13.1. The normalized spacial score (nSPS) is 15.1. The van der Waals surface area contributed by atoms with Crippen molar-refractivity contribution in [1.82, 2.24) is 19.7 Å². The van der Waals surface area contributed by atoms with Gasteiger partial charge in [-0.25, -0.2) is 0 Å². The lowest BCUT2D eigenvalue weighted by Gasteiger charge is -2.33. The van der Waals surface area contributed by atoms with E-state index >= 15 is 0 Å². The number of pyridine rings is 2. The van der Waals surface area contributed by atoms with Gasteiger partial charge in [0, 0.05) is 35.6 Å². The van der Waals surface area contributed by atoms with Gasteiger partial charge < -0.3 is 19.1 Å². The van der Waals surface area contributed by atoms with Crippen molar-refractivity contribution in [3.63, 3.8) is 0 Å². The largest absolute Gasteiger partial charge is 0.379 e. The first-order chi connectivity index (χ1) is 14.8. The predicted octanol–water partition coefficient (Wildman–Crippen LogP) is 3.63. The van der Waals surface area contributed by atoms with Crippen LogP contribution >= 0.6 is 0 Å². The van der Waals surface area contributed by atoms with Gasteiger partial charge in [-0.3, -0.25) is 9.78 Å². The van der Waals surface area contributed by atoms with Crippen molar-refractivity contribution in [2.75, 3.05) is 18.5 Å². The second-order valence-corrected chi connectivity index (χ2v) is 8.44. The van der Waals surface area contributed by atoms with E-state index in [1.807, 2.05) is 51.1 Å². The maximum atomic E-state index is 13.1.